The van der Waals surface area contributed by atoms with Gasteiger partial charge in [0.2, 0.25) is 5.95 Å². The van der Waals surface area contributed by atoms with Crippen molar-refractivity contribution < 1.29 is 31.1 Å². The summed E-state index contributed by atoms with van der Waals surface area (Å²) in [5, 5.41) is 4.24. The Kier molecular flexibility index (Phi) is 5.53. The van der Waals surface area contributed by atoms with E-state index in [1.54, 1.807) is 0 Å². The van der Waals surface area contributed by atoms with Gasteiger partial charge in [0.05, 0.1) is 29.2 Å². The molecule has 2 heterocycles. The minimum Gasteiger partial charge on any atom is -0.341 e. The van der Waals surface area contributed by atoms with Gasteiger partial charge in [0, 0.05) is 18.8 Å². The van der Waals surface area contributed by atoms with Crippen molar-refractivity contribution in [3.05, 3.63) is 41.7 Å². The number of rotatable bonds is 3. The number of carbonyl (C=O) groups is 1. The van der Waals surface area contributed by atoms with Gasteiger partial charge in [-0.2, -0.15) is 26.3 Å². The lowest BCUT2D eigenvalue weighted by Crippen LogP contribution is -2.22. The second-order valence-corrected chi connectivity index (χ2v) is 6.34. The van der Waals surface area contributed by atoms with Crippen molar-refractivity contribution in [2.45, 2.75) is 25.2 Å². The molecule has 3 rings (SSSR count). The second kappa shape index (κ2) is 7.76. The van der Waals surface area contributed by atoms with Crippen molar-refractivity contribution in [2.75, 3.05) is 28.6 Å². The Balaban J connectivity index is 1.72. The molecule has 1 aliphatic heterocycles. The summed E-state index contributed by atoms with van der Waals surface area (Å²) in [6.45, 7) is 1.62. The molecule has 0 radical (unpaired) electrons. The van der Waals surface area contributed by atoms with Crippen LogP contribution in [0, 0.1) is 0 Å². The Morgan fingerprint density at radius 2 is 1.31 bits per heavy atom. The third-order valence-electron chi connectivity index (χ3n) is 4.13. The number of hydrogen-bond donors (Lipinski definition) is 2. The minimum atomic E-state index is -5.01. The zero-order valence-corrected chi connectivity index (χ0v) is 14.7. The molecule has 0 unspecified atom stereocenters. The lowest BCUT2D eigenvalue weighted by atomic mass is 10.1. The van der Waals surface area contributed by atoms with Crippen molar-refractivity contribution >= 4 is 23.4 Å². The summed E-state index contributed by atoms with van der Waals surface area (Å²) in [6, 6.07) is -0.215. The molecule has 156 valence electrons. The van der Waals surface area contributed by atoms with E-state index in [2.05, 4.69) is 15.3 Å². The van der Waals surface area contributed by atoms with E-state index >= 15 is 0 Å². The molecule has 1 fully saturated rings. The maximum Gasteiger partial charge on any atom is 0.416 e. The molecule has 1 aromatic heterocycles. The SMILES string of the molecule is O=C(Nc1cnc(N2CCCC2)nc1)Nc1cc(C(F)(F)F)cc(C(F)(F)F)c1. The van der Waals surface area contributed by atoms with Crippen LogP contribution in [0.15, 0.2) is 30.6 Å². The van der Waals surface area contributed by atoms with Gasteiger partial charge in [-0.1, -0.05) is 0 Å². The van der Waals surface area contributed by atoms with Gasteiger partial charge < -0.3 is 15.5 Å². The number of nitrogens with zero attached hydrogens (tertiary/aromatic N) is 3. The fourth-order valence-corrected chi connectivity index (χ4v) is 2.79. The first-order valence-corrected chi connectivity index (χ1v) is 8.47. The molecule has 1 saturated heterocycles. The van der Waals surface area contributed by atoms with Gasteiger partial charge in [0.1, 0.15) is 0 Å². The molecule has 1 aromatic carbocycles. The number of aromatic nitrogens is 2. The Labute approximate surface area is 160 Å². The molecule has 2 amide bonds. The van der Waals surface area contributed by atoms with Crippen molar-refractivity contribution in [3.63, 3.8) is 0 Å². The van der Waals surface area contributed by atoms with Crippen LogP contribution in [0.2, 0.25) is 0 Å². The molecule has 12 heteroatoms. The number of nitrogens with one attached hydrogen (secondary N) is 2. The zero-order valence-electron chi connectivity index (χ0n) is 14.7. The van der Waals surface area contributed by atoms with Gasteiger partial charge in [-0.3, -0.25) is 0 Å². The maximum atomic E-state index is 12.9. The predicted octanol–water partition coefficient (Wildman–Crippen LogP) is 4.76. The van der Waals surface area contributed by atoms with Crippen molar-refractivity contribution in [3.8, 4) is 0 Å². The van der Waals surface area contributed by atoms with E-state index in [9.17, 15) is 31.1 Å². The van der Waals surface area contributed by atoms with Gasteiger partial charge in [-0.05, 0) is 31.0 Å². The fraction of sp³-hybridized carbons (Fsp3) is 0.353. The van der Waals surface area contributed by atoms with Crippen LogP contribution in [0.1, 0.15) is 24.0 Å². The van der Waals surface area contributed by atoms with Crippen molar-refractivity contribution in [1.29, 1.82) is 0 Å². The Morgan fingerprint density at radius 1 is 0.828 bits per heavy atom. The molecule has 0 saturated carbocycles. The van der Waals surface area contributed by atoms with Crippen molar-refractivity contribution in [1.82, 2.24) is 9.97 Å². The molecule has 2 aromatic rings. The third kappa shape index (κ3) is 5.27. The summed E-state index contributed by atoms with van der Waals surface area (Å²) < 4.78 is 77.2. The smallest absolute Gasteiger partial charge is 0.341 e. The molecule has 0 bridgehead atoms. The van der Waals surface area contributed by atoms with Gasteiger partial charge in [-0.25, -0.2) is 14.8 Å². The summed E-state index contributed by atoms with van der Waals surface area (Å²) in [4.78, 5) is 22.1. The fourth-order valence-electron chi connectivity index (χ4n) is 2.79. The number of anilines is 3. The lowest BCUT2D eigenvalue weighted by molar-refractivity contribution is -0.143. The van der Waals surface area contributed by atoms with E-state index in [0.29, 0.717) is 18.1 Å². The maximum absolute atomic E-state index is 12.9. The largest absolute Gasteiger partial charge is 0.416 e. The predicted molar refractivity (Wildman–Crippen MR) is 92.6 cm³/mol. The summed E-state index contributed by atoms with van der Waals surface area (Å²) >= 11 is 0. The first-order chi connectivity index (χ1) is 13.5. The summed E-state index contributed by atoms with van der Waals surface area (Å²) in [7, 11) is 0. The van der Waals surface area contributed by atoms with Crippen LogP contribution in [-0.2, 0) is 12.4 Å². The molecule has 2 N–H and O–H groups in total. The topological polar surface area (TPSA) is 70.2 Å². The van der Waals surface area contributed by atoms with E-state index in [1.165, 1.54) is 12.4 Å². The minimum absolute atomic E-state index is 0.0198. The second-order valence-electron chi connectivity index (χ2n) is 6.34. The highest BCUT2D eigenvalue weighted by Gasteiger charge is 2.37. The molecular weight excluding hydrogens is 404 g/mol. The molecule has 0 spiro atoms. The van der Waals surface area contributed by atoms with Crippen LogP contribution in [0.5, 0.6) is 0 Å². The van der Waals surface area contributed by atoms with E-state index < -0.39 is 35.2 Å². The van der Waals surface area contributed by atoms with Crippen LogP contribution in [0.25, 0.3) is 0 Å². The molecule has 6 nitrogen and oxygen atoms in total. The Hall–Kier alpha value is -3.05. The average molecular weight is 419 g/mol. The number of hydrogen-bond acceptors (Lipinski definition) is 4. The van der Waals surface area contributed by atoms with Gasteiger partial charge >= 0.3 is 18.4 Å². The zero-order chi connectivity index (χ0) is 21.2. The standard InChI is InChI=1S/C17H15F6N5O/c18-16(19,20)10-5-11(17(21,22)23)7-12(6-10)26-15(29)27-13-8-24-14(25-9-13)28-3-1-2-4-28/h5-9H,1-4H2,(H2,26,27,29). The Bertz CT molecular complexity index is 843. The summed E-state index contributed by atoms with van der Waals surface area (Å²) in [5.74, 6) is 0.473. The highest BCUT2D eigenvalue weighted by Crippen LogP contribution is 2.37. The molecule has 0 aliphatic carbocycles. The molecule has 1 aliphatic rings. The quantitative estimate of drug-likeness (QED) is 0.704. The van der Waals surface area contributed by atoms with Crippen LogP contribution in [0.4, 0.5) is 48.5 Å². The number of halogens is 6. The Morgan fingerprint density at radius 3 is 1.79 bits per heavy atom. The van der Waals surface area contributed by atoms with Gasteiger partial charge in [-0.15, -0.1) is 0 Å². The van der Waals surface area contributed by atoms with E-state index in [4.69, 9.17) is 0 Å². The van der Waals surface area contributed by atoms with Gasteiger partial charge in [0.15, 0.2) is 0 Å². The monoisotopic (exact) mass is 419 g/mol. The number of benzene rings is 1. The first kappa shape index (κ1) is 20.7. The molecule has 0 atom stereocenters. The molecule has 29 heavy (non-hydrogen) atoms. The summed E-state index contributed by atoms with van der Waals surface area (Å²) in [6.07, 6.45) is -5.38. The molecular formula is C17H15F6N5O. The lowest BCUT2D eigenvalue weighted by Gasteiger charge is -2.16. The van der Waals surface area contributed by atoms with E-state index in [0.717, 1.165) is 25.9 Å². The van der Waals surface area contributed by atoms with Crippen molar-refractivity contribution in [2.24, 2.45) is 0 Å². The third-order valence-corrected chi connectivity index (χ3v) is 4.13. The average Bonchev–Trinajstić information content (AvgIpc) is 3.15. The highest BCUT2D eigenvalue weighted by molar-refractivity contribution is 5.99. The van der Waals surface area contributed by atoms with Gasteiger partial charge in [0.25, 0.3) is 0 Å². The summed E-state index contributed by atoms with van der Waals surface area (Å²) in [5.41, 5.74) is -3.57. The normalized spacial score (nSPS) is 14.8. The van der Waals surface area contributed by atoms with Crippen LogP contribution >= 0.6 is 0 Å². The van der Waals surface area contributed by atoms with E-state index in [1.807, 2.05) is 10.2 Å². The first-order valence-electron chi connectivity index (χ1n) is 8.47. The highest BCUT2D eigenvalue weighted by atomic mass is 19.4. The number of carbonyl (C=O) groups excluding carboxylic acids is 1. The number of urea groups is 1. The number of amides is 2. The van der Waals surface area contributed by atoms with Crippen LogP contribution < -0.4 is 15.5 Å². The van der Waals surface area contributed by atoms with Crippen LogP contribution in [-0.4, -0.2) is 29.1 Å². The van der Waals surface area contributed by atoms with Crippen LogP contribution in [0.3, 0.4) is 0 Å². The van der Waals surface area contributed by atoms with E-state index in [-0.39, 0.29) is 11.8 Å². The number of alkyl halides is 6.